The van der Waals surface area contributed by atoms with E-state index in [1.54, 1.807) is 32.0 Å². The quantitative estimate of drug-likeness (QED) is 0.526. The number of aldehydes is 1. The molecule has 134 valence electrons. The van der Waals surface area contributed by atoms with Gasteiger partial charge < -0.3 is 19.2 Å². The average Bonchev–Trinajstić information content (AvgIpc) is 2.51. The molecule has 0 aliphatic carbocycles. The second kappa shape index (κ2) is 8.65. The minimum atomic E-state index is -0.987. The summed E-state index contributed by atoms with van der Waals surface area (Å²) >= 11 is 0. The highest BCUT2D eigenvalue weighted by Gasteiger charge is 2.34. The highest BCUT2D eigenvalue weighted by atomic mass is 16.6. The Kier molecular flexibility index (Phi) is 7.45. The summed E-state index contributed by atoms with van der Waals surface area (Å²) in [6.07, 6.45) is 1.56. The van der Waals surface area contributed by atoms with Crippen LogP contribution in [0.1, 0.15) is 58.3 Å². The molecule has 1 aromatic rings. The van der Waals surface area contributed by atoms with Crippen molar-refractivity contribution in [3.8, 4) is 5.75 Å². The first-order valence-corrected chi connectivity index (χ1v) is 8.36. The molecule has 0 atom stereocenters. The van der Waals surface area contributed by atoms with E-state index in [0.717, 1.165) is 12.7 Å². The van der Waals surface area contributed by atoms with Crippen molar-refractivity contribution in [1.82, 2.24) is 0 Å². The second-order valence-electron chi connectivity index (χ2n) is 7.00. The van der Waals surface area contributed by atoms with Gasteiger partial charge in [0.05, 0.1) is 5.60 Å². The Bertz CT molecular complexity index is 537. The van der Waals surface area contributed by atoms with Crippen molar-refractivity contribution in [3.05, 3.63) is 23.8 Å². The van der Waals surface area contributed by atoms with Crippen molar-refractivity contribution in [2.24, 2.45) is 0 Å². The fourth-order valence-electron chi connectivity index (χ4n) is 2.00. The molecule has 0 aliphatic rings. The average molecular weight is 336 g/mol. The highest BCUT2D eigenvalue weighted by Crippen LogP contribution is 2.20. The van der Waals surface area contributed by atoms with Crippen LogP contribution in [0.15, 0.2) is 18.2 Å². The molecule has 24 heavy (non-hydrogen) atoms. The highest BCUT2D eigenvalue weighted by molar-refractivity contribution is 6.63. The minimum Gasteiger partial charge on any atom is -0.491 e. The van der Waals surface area contributed by atoms with Crippen LogP contribution < -0.4 is 10.2 Å². The van der Waals surface area contributed by atoms with Crippen LogP contribution >= 0.6 is 0 Å². The second-order valence-corrected chi connectivity index (χ2v) is 7.00. The van der Waals surface area contributed by atoms with Gasteiger partial charge in [0.1, 0.15) is 18.6 Å². The summed E-state index contributed by atoms with van der Waals surface area (Å²) in [5.41, 5.74) is -0.392. The normalized spacial score (nSPS) is 12.1. The standard InChI is InChI=1S/C18H29BO5/c1-7-18(5,6)24-19(23-8-2)16-14(12-20)10-9-11-15(16)22-13-17(3,4)21/h9-12,21H,7-8,13H2,1-6H3. The van der Waals surface area contributed by atoms with Crippen LogP contribution in [-0.4, -0.2) is 42.9 Å². The Morgan fingerprint density at radius 2 is 1.88 bits per heavy atom. The predicted octanol–water partition coefficient (Wildman–Crippen LogP) is 2.59. The molecule has 0 saturated heterocycles. The van der Waals surface area contributed by atoms with Gasteiger partial charge in [0.2, 0.25) is 0 Å². The van der Waals surface area contributed by atoms with Gasteiger partial charge in [0.15, 0.2) is 0 Å². The van der Waals surface area contributed by atoms with E-state index < -0.39 is 18.3 Å². The van der Waals surface area contributed by atoms with Gasteiger partial charge in [0.25, 0.3) is 0 Å². The summed E-state index contributed by atoms with van der Waals surface area (Å²) < 4.78 is 17.6. The van der Waals surface area contributed by atoms with Crippen LogP contribution in [0.2, 0.25) is 0 Å². The van der Waals surface area contributed by atoms with E-state index in [-0.39, 0.29) is 6.61 Å². The number of benzene rings is 1. The van der Waals surface area contributed by atoms with Gasteiger partial charge in [0, 0.05) is 23.2 Å². The van der Waals surface area contributed by atoms with E-state index in [0.29, 0.717) is 23.4 Å². The molecule has 1 aromatic carbocycles. The van der Waals surface area contributed by atoms with Gasteiger partial charge in [-0.05, 0) is 47.1 Å². The van der Waals surface area contributed by atoms with E-state index in [2.05, 4.69) is 0 Å². The molecule has 0 amide bonds. The third-order valence-corrected chi connectivity index (χ3v) is 3.64. The Morgan fingerprint density at radius 1 is 1.21 bits per heavy atom. The van der Waals surface area contributed by atoms with Crippen LogP contribution in [0.4, 0.5) is 0 Å². The van der Waals surface area contributed by atoms with E-state index in [9.17, 15) is 9.90 Å². The summed E-state index contributed by atoms with van der Waals surface area (Å²) in [4.78, 5) is 11.5. The lowest BCUT2D eigenvalue weighted by atomic mass is 9.74. The molecule has 0 saturated carbocycles. The summed E-state index contributed by atoms with van der Waals surface area (Å²) in [6.45, 7) is 11.7. The van der Waals surface area contributed by atoms with Crippen molar-refractivity contribution in [2.45, 2.75) is 59.2 Å². The molecule has 0 spiro atoms. The molecule has 0 heterocycles. The molecule has 0 fully saturated rings. The van der Waals surface area contributed by atoms with Gasteiger partial charge in [-0.1, -0.05) is 19.1 Å². The molecular weight excluding hydrogens is 307 g/mol. The molecule has 0 unspecified atom stereocenters. The Balaban J connectivity index is 3.25. The van der Waals surface area contributed by atoms with Gasteiger partial charge in [-0.25, -0.2) is 0 Å². The van der Waals surface area contributed by atoms with E-state index in [1.165, 1.54) is 0 Å². The van der Waals surface area contributed by atoms with E-state index in [1.807, 2.05) is 27.7 Å². The topological polar surface area (TPSA) is 65.0 Å². The number of carbonyl (C=O) groups is 1. The SMILES string of the molecule is CCOB(OC(C)(C)CC)c1c(C=O)cccc1OCC(C)(C)O. The number of rotatable bonds is 10. The monoisotopic (exact) mass is 336 g/mol. The number of ether oxygens (including phenoxy) is 1. The first-order valence-electron chi connectivity index (χ1n) is 8.36. The number of aliphatic hydroxyl groups is 1. The molecule has 1 rings (SSSR count). The van der Waals surface area contributed by atoms with E-state index >= 15 is 0 Å². The lowest BCUT2D eigenvalue weighted by Gasteiger charge is -2.29. The van der Waals surface area contributed by atoms with Crippen LogP contribution in [0, 0.1) is 0 Å². The largest absolute Gasteiger partial charge is 0.498 e. The van der Waals surface area contributed by atoms with Crippen LogP contribution in [0.5, 0.6) is 5.75 Å². The maximum absolute atomic E-state index is 11.5. The lowest BCUT2D eigenvalue weighted by Crippen LogP contribution is -2.46. The first-order chi connectivity index (χ1) is 11.1. The molecule has 0 radical (unpaired) electrons. The maximum atomic E-state index is 11.5. The first kappa shape index (κ1) is 20.7. The molecule has 5 nitrogen and oxygen atoms in total. The summed E-state index contributed by atoms with van der Waals surface area (Å²) in [6, 6.07) is 5.19. The molecule has 0 aliphatic heterocycles. The molecule has 0 bridgehead atoms. The predicted molar refractivity (Wildman–Crippen MR) is 96.1 cm³/mol. The van der Waals surface area contributed by atoms with Crippen molar-refractivity contribution < 1.29 is 23.9 Å². The molecule has 6 heteroatoms. The smallest absolute Gasteiger partial charge is 0.491 e. The van der Waals surface area contributed by atoms with Crippen LogP contribution in [0.25, 0.3) is 0 Å². The van der Waals surface area contributed by atoms with Crippen molar-refractivity contribution in [1.29, 1.82) is 0 Å². The van der Waals surface area contributed by atoms with Crippen molar-refractivity contribution >= 4 is 18.9 Å². The fourth-order valence-corrected chi connectivity index (χ4v) is 2.00. The Morgan fingerprint density at radius 3 is 2.38 bits per heavy atom. The number of hydrogen-bond donors (Lipinski definition) is 1. The van der Waals surface area contributed by atoms with Gasteiger partial charge in [-0.15, -0.1) is 0 Å². The zero-order valence-electron chi connectivity index (χ0n) is 15.6. The lowest BCUT2D eigenvalue weighted by molar-refractivity contribution is 0.0283. The third kappa shape index (κ3) is 6.26. The van der Waals surface area contributed by atoms with Gasteiger partial charge >= 0.3 is 7.12 Å². The summed E-state index contributed by atoms with van der Waals surface area (Å²) in [7, 11) is -0.719. The Labute approximate surface area is 145 Å². The van der Waals surface area contributed by atoms with E-state index in [4.69, 9.17) is 14.0 Å². The fraction of sp³-hybridized carbons (Fsp3) is 0.611. The summed E-state index contributed by atoms with van der Waals surface area (Å²) in [5.74, 6) is 0.479. The third-order valence-electron chi connectivity index (χ3n) is 3.64. The van der Waals surface area contributed by atoms with Crippen LogP contribution in [-0.2, 0) is 9.31 Å². The molecular formula is C18H29BO5. The summed E-state index contributed by atoms with van der Waals surface area (Å²) in [5, 5.41) is 9.91. The van der Waals surface area contributed by atoms with Crippen molar-refractivity contribution in [2.75, 3.05) is 13.2 Å². The maximum Gasteiger partial charge on any atom is 0.498 e. The zero-order valence-corrected chi connectivity index (χ0v) is 15.6. The van der Waals surface area contributed by atoms with Gasteiger partial charge in [-0.3, -0.25) is 4.79 Å². The molecule has 1 N–H and O–H groups in total. The van der Waals surface area contributed by atoms with Crippen LogP contribution in [0.3, 0.4) is 0 Å². The van der Waals surface area contributed by atoms with Crippen molar-refractivity contribution in [3.63, 3.8) is 0 Å². The number of hydrogen-bond acceptors (Lipinski definition) is 5. The zero-order chi connectivity index (χ0) is 18.4. The number of carbonyl (C=O) groups excluding carboxylic acids is 1. The van der Waals surface area contributed by atoms with Gasteiger partial charge in [-0.2, -0.15) is 0 Å². The molecule has 0 aromatic heterocycles. The minimum absolute atomic E-state index is 0.0956. The Hall–Kier alpha value is -1.37.